The normalized spacial score (nSPS) is 11.7. The Balaban J connectivity index is 1.27. The minimum atomic E-state index is 0.391. The monoisotopic (exact) mass is 800 g/mol. The van der Waals surface area contributed by atoms with Crippen molar-refractivity contribution in [2.24, 2.45) is 0 Å². The lowest BCUT2D eigenvalue weighted by Gasteiger charge is -2.32. The first kappa shape index (κ1) is 39.0. The molecule has 10 aromatic rings. The third-order valence-electron chi connectivity index (χ3n) is 12.8. The van der Waals surface area contributed by atoms with Crippen LogP contribution in [0.2, 0.25) is 0 Å². The number of aryl methyl sites for hydroxylation is 2. The number of hydrogen-bond acceptors (Lipinski definition) is 2. The summed E-state index contributed by atoms with van der Waals surface area (Å²) in [6.07, 6.45) is 0. The van der Waals surface area contributed by atoms with E-state index in [9.17, 15) is 0 Å². The maximum absolute atomic E-state index is 2.53. The van der Waals surface area contributed by atoms with Gasteiger partial charge in [-0.1, -0.05) is 185 Å². The van der Waals surface area contributed by atoms with E-state index in [2.05, 4.69) is 245 Å². The predicted molar refractivity (Wildman–Crippen MR) is 268 cm³/mol. The first-order valence-corrected chi connectivity index (χ1v) is 22.1. The van der Waals surface area contributed by atoms with E-state index in [1.165, 1.54) is 88.2 Å². The molecule has 0 atom stereocenters. The lowest BCUT2D eigenvalue weighted by atomic mass is 9.90. The summed E-state index contributed by atoms with van der Waals surface area (Å²) in [4.78, 5) is 5.05. The molecule has 302 valence electrons. The Hall–Kier alpha value is -7.16. The summed E-state index contributed by atoms with van der Waals surface area (Å²) in [5.74, 6) is 0.781. The first-order chi connectivity index (χ1) is 30.3. The Morgan fingerprint density at radius 2 is 0.742 bits per heavy atom. The van der Waals surface area contributed by atoms with Gasteiger partial charge in [-0.3, -0.25) is 0 Å². The minimum Gasteiger partial charge on any atom is -0.309 e. The van der Waals surface area contributed by atoms with E-state index in [1.54, 1.807) is 0 Å². The van der Waals surface area contributed by atoms with E-state index >= 15 is 0 Å². The molecule has 0 aliphatic carbocycles. The quantitative estimate of drug-likeness (QED) is 0.127. The highest BCUT2D eigenvalue weighted by Gasteiger charge is 2.26. The van der Waals surface area contributed by atoms with Crippen LogP contribution in [0, 0.1) is 13.8 Å². The summed E-state index contributed by atoms with van der Waals surface area (Å²) in [6.45, 7) is 13.6. The molecule has 10 rings (SSSR count). The summed E-state index contributed by atoms with van der Waals surface area (Å²) in [5, 5.41) is 7.48. The second-order valence-electron chi connectivity index (χ2n) is 17.4. The van der Waals surface area contributed by atoms with Gasteiger partial charge in [0.2, 0.25) is 0 Å². The molecular weight excluding hydrogens is 749 g/mol. The van der Waals surface area contributed by atoms with Gasteiger partial charge < -0.3 is 9.80 Å². The molecule has 0 amide bonds. The molecule has 0 aliphatic rings. The second kappa shape index (κ2) is 16.0. The third-order valence-corrected chi connectivity index (χ3v) is 12.8. The molecule has 0 saturated carbocycles. The summed E-state index contributed by atoms with van der Waals surface area (Å²) in [5.41, 5.74) is 16.9. The molecule has 0 aromatic heterocycles. The van der Waals surface area contributed by atoms with Crippen LogP contribution < -0.4 is 9.80 Å². The van der Waals surface area contributed by atoms with Crippen molar-refractivity contribution in [1.82, 2.24) is 0 Å². The Labute approximate surface area is 366 Å². The van der Waals surface area contributed by atoms with E-state index in [-0.39, 0.29) is 0 Å². The fourth-order valence-corrected chi connectivity index (χ4v) is 9.60. The number of para-hydroxylation sites is 2. The van der Waals surface area contributed by atoms with E-state index in [4.69, 9.17) is 0 Å². The van der Waals surface area contributed by atoms with Crippen LogP contribution in [-0.2, 0) is 0 Å². The van der Waals surface area contributed by atoms with Crippen LogP contribution in [0.3, 0.4) is 0 Å². The lowest BCUT2D eigenvalue weighted by Crippen LogP contribution is -2.14. The minimum absolute atomic E-state index is 0.391. The topological polar surface area (TPSA) is 6.48 Å². The molecule has 0 N–H and O–H groups in total. The van der Waals surface area contributed by atoms with Gasteiger partial charge in [-0.2, -0.15) is 0 Å². The SMILES string of the molecule is Cc1cccc(-c2ccccc2)c1N(c1cccc(C(C)C)c1)c1ccc2ccc3c(N(c4cccc(C(C)C)c4)c4c(C)cccc4-c4ccccc4)ccc4ccc1c2c43. The van der Waals surface area contributed by atoms with Crippen molar-refractivity contribution in [3.63, 3.8) is 0 Å². The van der Waals surface area contributed by atoms with Gasteiger partial charge >= 0.3 is 0 Å². The molecule has 0 saturated heterocycles. The van der Waals surface area contributed by atoms with Crippen molar-refractivity contribution in [1.29, 1.82) is 0 Å². The number of benzene rings is 10. The van der Waals surface area contributed by atoms with Crippen LogP contribution in [0.15, 0.2) is 194 Å². The van der Waals surface area contributed by atoms with Crippen LogP contribution >= 0.6 is 0 Å². The third kappa shape index (κ3) is 6.77. The van der Waals surface area contributed by atoms with Crippen LogP contribution in [0.5, 0.6) is 0 Å². The molecule has 2 nitrogen and oxygen atoms in total. The summed E-state index contributed by atoms with van der Waals surface area (Å²) >= 11 is 0. The van der Waals surface area contributed by atoms with E-state index in [0.29, 0.717) is 11.8 Å². The largest absolute Gasteiger partial charge is 0.309 e. The fourth-order valence-electron chi connectivity index (χ4n) is 9.60. The van der Waals surface area contributed by atoms with Crippen molar-refractivity contribution in [3.8, 4) is 22.3 Å². The van der Waals surface area contributed by atoms with Crippen LogP contribution in [0.1, 0.15) is 61.8 Å². The fraction of sp³-hybridized carbons (Fsp3) is 0.133. The van der Waals surface area contributed by atoms with Gasteiger partial charge in [0.05, 0.1) is 22.7 Å². The Kier molecular flexibility index (Phi) is 10.1. The van der Waals surface area contributed by atoms with Crippen molar-refractivity contribution >= 4 is 66.4 Å². The van der Waals surface area contributed by atoms with Gasteiger partial charge in [0.1, 0.15) is 0 Å². The van der Waals surface area contributed by atoms with Gasteiger partial charge in [-0.05, 0) is 117 Å². The van der Waals surface area contributed by atoms with E-state index < -0.39 is 0 Å². The van der Waals surface area contributed by atoms with Crippen LogP contribution in [0.4, 0.5) is 34.1 Å². The number of rotatable bonds is 10. The van der Waals surface area contributed by atoms with E-state index in [0.717, 1.165) is 22.7 Å². The first-order valence-electron chi connectivity index (χ1n) is 22.1. The van der Waals surface area contributed by atoms with Crippen molar-refractivity contribution in [2.75, 3.05) is 9.80 Å². The summed E-state index contributed by atoms with van der Waals surface area (Å²) in [7, 11) is 0. The van der Waals surface area contributed by atoms with Crippen molar-refractivity contribution < 1.29 is 0 Å². The Bertz CT molecular complexity index is 3000. The number of anilines is 6. The molecule has 0 aliphatic heterocycles. The standard InChI is InChI=1S/C60H52N2/c1-39(2)47-23-15-25-49(37-47)61(59-41(5)17-13-27-51(59)43-19-9-7-10-20-43)55-35-31-45-30-34-54-56(36-32-46-29-33-53(55)57(45)58(46)54)62(50-26-16-24-48(38-50)40(3)4)60-42(6)18-14-28-52(60)44-21-11-8-12-22-44/h7-40H,1-6H3. The van der Waals surface area contributed by atoms with Crippen LogP contribution in [0.25, 0.3) is 54.6 Å². The number of nitrogens with zero attached hydrogens (tertiary/aromatic N) is 2. The average Bonchev–Trinajstić information content (AvgIpc) is 3.30. The Morgan fingerprint density at radius 1 is 0.355 bits per heavy atom. The second-order valence-corrected chi connectivity index (χ2v) is 17.4. The molecule has 62 heavy (non-hydrogen) atoms. The molecule has 0 spiro atoms. The highest BCUT2D eigenvalue weighted by atomic mass is 15.2. The molecule has 2 heteroatoms. The van der Waals surface area contributed by atoms with Gasteiger partial charge in [-0.15, -0.1) is 0 Å². The molecule has 0 unspecified atom stereocenters. The summed E-state index contributed by atoms with van der Waals surface area (Å²) in [6, 6.07) is 72.1. The highest BCUT2D eigenvalue weighted by Crippen LogP contribution is 2.51. The molecular formula is C60H52N2. The molecule has 0 radical (unpaired) electrons. The zero-order valence-electron chi connectivity index (χ0n) is 36.5. The van der Waals surface area contributed by atoms with Gasteiger partial charge in [0, 0.05) is 33.3 Å². The average molecular weight is 801 g/mol. The smallest absolute Gasteiger partial charge is 0.0569 e. The van der Waals surface area contributed by atoms with Gasteiger partial charge in [0.25, 0.3) is 0 Å². The zero-order valence-corrected chi connectivity index (χ0v) is 36.5. The Morgan fingerprint density at radius 3 is 1.15 bits per heavy atom. The molecule has 0 bridgehead atoms. The van der Waals surface area contributed by atoms with Gasteiger partial charge in [-0.25, -0.2) is 0 Å². The van der Waals surface area contributed by atoms with Crippen LogP contribution in [-0.4, -0.2) is 0 Å². The number of hydrogen-bond donors (Lipinski definition) is 0. The van der Waals surface area contributed by atoms with Crippen molar-refractivity contribution in [2.45, 2.75) is 53.4 Å². The molecule has 0 fully saturated rings. The molecule has 10 aromatic carbocycles. The lowest BCUT2D eigenvalue weighted by molar-refractivity contribution is 0.866. The van der Waals surface area contributed by atoms with Gasteiger partial charge in [0.15, 0.2) is 0 Å². The molecule has 0 heterocycles. The predicted octanol–water partition coefficient (Wildman–Crippen LogP) is 17.7. The van der Waals surface area contributed by atoms with E-state index in [1.807, 2.05) is 0 Å². The maximum atomic E-state index is 2.53. The summed E-state index contributed by atoms with van der Waals surface area (Å²) < 4.78 is 0. The maximum Gasteiger partial charge on any atom is 0.0569 e. The van der Waals surface area contributed by atoms with Crippen molar-refractivity contribution in [3.05, 3.63) is 216 Å². The highest BCUT2D eigenvalue weighted by molar-refractivity contribution is 6.28. The zero-order chi connectivity index (χ0) is 42.5.